The van der Waals surface area contributed by atoms with Crippen molar-refractivity contribution in [1.82, 2.24) is 8.68 Å². The molecule has 0 spiro atoms. The first kappa shape index (κ1) is 29.5. The predicted octanol–water partition coefficient (Wildman–Crippen LogP) is 7.61. The van der Waals surface area contributed by atoms with E-state index in [-0.39, 0.29) is 15.9 Å². The minimum atomic E-state index is -0.918. The first-order valence-electron chi connectivity index (χ1n) is 12.4. The van der Waals surface area contributed by atoms with Crippen LogP contribution in [0.4, 0.5) is 0 Å². The third kappa shape index (κ3) is 8.77. The summed E-state index contributed by atoms with van der Waals surface area (Å²) in [4.78, 5) is 0. The van der Waals surface area contributed by atoms with Crippen LogP contribution < -0.4 is 21.2 Å². The molecule has 0 N–H and O–H groups in total. The van der Waals surface area contributed by atoms with E-state index in [0.29, 0.717) is 0 Å². The van der Waals surface area contributed by atoms with E-state index in [1.165, 1.54) is 21.2 Å². The van der Waals surface area contributed by atoms with Gasteiger partial charge in [-0.05, 0) is 72.8 Å². The van der Waals surface area contributed by atoms with Gasteiger partial charge in [0.15, 0.2) is 16.1 Å². The van der Waals surface area contributed by atoms with E-state index in [4.69, 9.17) is 19.1 Å². The summed E-state index contributed by atoms with van der Waals surface area (Å²) in [7, 11) is 7.79. The molecule has 0 amide bonds. The van der Waals surface area contributed by atoms with Crippen molar-refractivity contribution >= 4 is 56.4 Å². The molecule has 0 fully saturated rings. The first-order valence-corrected chi connectivity index (χ1v) is 19.3. The summed E-state index contributed by atoms with van der Waals surface area (Å²) < 4.78 is 4.69. The molecular formula is C32H30Cl2N2P2Pd+2. The van der Waals surface area contributed by atoms with Crippen molar-refractivity contribution < 1.29 is 15.9 Å². The second-order valence-electron chi connectivity index (χ2n) is 8.39. The molecule has 39 heavy (non-hydrogen) atoms. The number of benzene rings is 4. The molecule has 6 aromatic rings. The molecule has 2 heterocycles. The maximum absolute atomic E-state index is 4.81. The zero-order valence-electron chi connectivity index (χ0n) is 21.1. The van der Waals surface area contributed by atoms with Gasteiger partial charge in [-0.1, -0.05) is 72.8 Å². The summed E-state index contributed by atoms with van der Waals surface area (Å²) in [6.45, 7) is 0. The summed E-state index contributed by atoms with van der Waals surface area (Å²) in [6, 6.07) is 51.4. The van der Waals surface area contributed by atoms with Crippen LogP contribution in [0, 0.1) is 0 Å². The molecule has 0 saturated heterocycles. The Morgan fingerprint density at radius 1 is 0.359 bits per heavy atom. The minimum absolute atomic E-state index is 0.106. The fourth-order valence-corrected chi connectivity index (χ4v) is 9.11. The van der Waals surface area contributed by atoms with Crippen molar-refractivity contribution in [2.45, 2.75) is 0 Å². The summed E-state index contributed by atoms with van der Waals surface area (Å²) in [5.74, 6) is 0. The van der Waals surface area contributed by atoms with Crippen molar-refractivity contribution in [1.29, 1.82) is 0 Å². The molecule has 6 rings (SSSR count). The smallest absolute Gasteiger partial charge is 0.161 e. The topological polar surface area (TPSA) is 9.86 Å². The molecule has 7 heteroatoms. The van der Waals surface area contributed by atoms with E-state index in [2.05, 4.69) is 179 Å². The molecule has 4 aromatic carbocycles. The molecule has 0 aliphatic carbocycles. The van der Waals surface area contributed by atoms with Gasteiger partial charge < -0.3 is 0 Å². The first-order chi connectivity index (χ1) is 19.3. The Morgan fingerprint density at radius 3 is 0.769 bits per heavy atom. The standard InChI is InChI=1S/2C16H14NP.2ClH.Pd/c2*1-3-9-15(10-4-1)18(17-13-7-8-14-17)16-11-5-2-6-12-16;;;/h2*1-14H;2*1H;/q;;;;+2. The molecule has 0 aliphatic rings. The van der Waals surface area contributed by atoms with Crippen LogP contribution in [-0.4, -0.2) is 8.68 Å². The minimum Gasteiger partial charge on any atom is -0.225 e. The van der Waals surface area contributed by atoms with Crippen molar-refractivity contribution in [3.63, 3.8) is 0 Å². The van der Waals surface area contributed by atoms with Crippen LogP contribution in [0.15, 0.2) is 170 Å². The quantitative estimate of drug-likeness (QED) is 0.127. The molecule has 0 atom stereocenters. The van der Waals surface area contributed by atoms with Crippen LogP contribution in [-0.2, 0) is 15.9 Å². The SMILES string of the molecule is [Cl][Pd][Cl].c1ccc([PH+](c2ccccc2)n2cccc2)cc1.c1ccc([PH+](c2ccccc2)n2cccc2)cc1. The molecule has 0 aliphatic heterocycles. The normalized spacial score (nSPS) is 10.5. The van der Waals surface area contributed by atoms with Crippen LogP contribution in [0.3, 0.4) is 0 Å². The monoisotopic (exact) mass is 680 g/mol. The molecule has 0 bridgehead atoms. The Morgan fingerprint density at radius 2 is 0.564 bits per heavy atom. The fourth-order valence-electron chi connectivity index (χ4n) is 4.28. The zero-order chi connectivity index (χ0) is 27.1. The largest absolute Gasteiger partial charge is 0.225 e. The van der Waals surface area contributed by atoms with E-state index in [1.54, 1.807) is 0 Å². The third-order valence-electron chi connectivity index (χ3n) is 5.91. The van der Waals surface area contributed by atoms with Crippen LogP contribution in [0.2, 0.25) is 0 Å². The summed E-state index contributed by atoms with van der Waals surface area (Å²) >= 11 is -0.106. The number of halogens is 2. The van der Waals surface area contributed by atoms with Crippen molar-refractivity contribution in [2.24, 2.45) is 0 Å². The van der Waals surface area contributed by atoms with Gasteiger partial charge in [0.1, 0.15) is 21.2 Å². The summed E-state index contributed by atoms with van der Waals surface area (Å²) in [6.07, 6.45) is 8.64. The Labute approximate surface area is 250 Å². The van der Waals surface area contributed by atoms with Crippen LogP contribution in [0.1, 0.15) is 0 Å². The maximum Gasteiger partial charge on any atom is 0.161 e. The fraction of sp³-hybridized carbons (Fsp3) is 0. The van der Waals surface area contributed by atoms with Gasteiger partial charge in [-0.15, -0.1) is 0 Å². The van der Waals surface area contributed by atoms with Crippen LogP contribution in [0.25, 0.3) is 0 Å². The number of hydrogen-bond donors (Lipinski definition) is 0. The molecule has 2 nitrogen and oxygen atoms in total. The van der Waals surface area contributed by atoms with Crippen LogP contribution >= 0.6 is 35.2 Å². The number of hydrogen-bond acceptors (Lipinski definition) is 0. The predicted molar refractivity (Wildman–Crippen MR) is 172 cm³/mol. The second kappa shape index (κ2) is 16.6. The van der Waals surface area contributed by atoms with Gasteiger partial charge in [0.25, 0.3) is 0 Å². The van der Waals surface area contributed by atoms with E-state index in [1.807, 2.05) is 0 Å². The maximum atomic E-state index is 4.81. The van der Waals surface area contributed by atoms with E-state index in [0.717, 1.165) is 0 Å². The number of rotatable bonds is 6. The molecular weight excluding hydrogens is 652 g/mol. The Bertz CT molecular complexity index is 1240. The van der Waals surface area contributed by atoms with Gasteiger partial charge in [-0.25, -0.2) is 8.68 Å². The van der Waals surface area contributed by atoms with E-state index >= 15 is 0 Å². The van der Waals surface area contributed by atoms with E-state index < -0.39 is 16.1 Å². The van der Waals surface area contributed by atoms with Gasteiger partial charge in [-0.3, -0.25) is 0 Å². The zero-order valence-corrected chi connectivity index (χ0v) is 26.2. The molecule has 0 radical (unpaired) electrons. The van der Waals surface area contributed by atoms with E-state index in [9.17, 15) is 0 Å². The average Bonchev–Trinajstić information content (AvgIpc) is 3.72. The van der Waals surface area contributed by atoms with Gasteiger partial charge >= 0.3 is 35.0 Å². The molecule has 2 aromatic heterocycles. The Hall–Kier alpha value is -2.46. The number of nitrogens with zero attached hydrogens (tertiary/aromatic N) is 2. The number of aromatic nitrogens is 2. The van der Waals surface area contributed by atoms with Crippen molar-refractivity contribution in [2.75, 3.05) is 0 Å². The van der Waals surface area contributed by atoms with Gasteiger partial charge in [-0.2, -0.15) is 0 Å². The van der Waals surface area contributed by atoms with Crippen LogP contribution in [0.5, 0.6) is 0 Å². The summed E-state index contributed by atoms with van der Waals surface area (Å²) in [5.41, 5.74) is 0. The van der Waals surface area contributed by atoms with Crippen molar-refractivity contribution in [3.8, 4) is 0 Å². The van der Waals surface area contributed by atoms with Gasteiger partial charge in [0.2, 0.25) is 0 Å². The molecule has 0 unspecified atom stereocenters. The summed E-state index contributed by atoms with van der Waals surface area (Å²) in [5, 5.41) is 5.63. The Kier molecular flexibility index (Phi) is 12.6. The average molecular weight is 682 g/mol. The molecule has 200 valence electrons. The van der Waals surface area contributed by atoms with Gasteiger partial charge in [0.05, 0.1) is 0 Å². The second-order valence-corrected chi connectivity index (χ2v) is 15.5. The van der Waals surface area contributed by atoms with Gasteiger partial charge in [0, 0.05) is 24.8 Å². The van der Waals surface area contributed by atoms with Crippen molar-refractivity contribution in [3.05, 3.63) is 170 Å². The molecule has 0 saturated carbocycles. The Balaban J connectivity index is 0.000000165. The third-order valence-corrected chi connectivity index (χ3v) is 11.1.